The van der Waals surface area contributed by atoms with Gasteiger partial charge in [0, 0.05) is 24.3 Å². The molecular formula is C18H17N3O4S. The van der Waals surface area contributed by atoms with Crippen molar-refractivity contribution in [2.24, 2.45) is 0 Å². The van der Waals surface area contributed by atoms with E-state index in [2.05, 4.69) is 5.32 Å². The minimum absolute atomic E-state index is 0.170. The van der Waals surface area contributed by atoms with Crippen LogP contribution in [0, 0.1) is 11.3 Å². The largest absolute Gasteiger partial charge is 0.379 e. The molecule has 0 aromatic heterocycles. The zero-order valence-electron chi connectivity index (χ0n) is 13.9. The molecule has 0 radical (unpaired) electrons. The molecule has 1 amide bonds. The summed E-state index contributed by atoms with van der Waals surface area (Å²) in [6.07, 6.45) is 0. The van der Waals surface area contributed by atoms with E-state index in [1.54, 1.807) is 30.3 Å². The van der Waals surface area contributed by atoms with Crippen LogP contribution in [0.4, 0.5) is 5.69 Å². The molecule has 2 aromatic rings. The third-order valence-corrected chi connectivity index (χ3v) is 5.89. The summed E-state index contributed by atoms with van der Waals surface area (Å²) in [4.78, 5) is 12.4. The number of nitrogens with one attached hydrogen (secondary N) is 1. The average Bonchev–Trinajstić information content (AvgIpc) is 2.69. The first-order valence-electron chi connectivity index (χ1n) is 8.00. The lowest BCUT2D eigenvalue weighted by molar-refractivity contribution is 0.0730. The topological polar surface area (TPSA) is 99.5 Å². The molecule has 26 heavy (non-hydrogen) atoms. The van der Waals surface area contributed by atoms with Gasteiger partial charge in [0.25, 0.3) is 5.91 Å². The summed E-state index contributed by atoms with van der Waals surface area (Å²) < 4.78 is 31.7. The smallest absolute Gasteiger partial charge is 0.255 e. The van der Waals surface area contributed by atoms with Crippen LogP contribution in [0.2, 0.25) is 0 Å². The Balaban J connectivity index is 1.73. The molecule has 0 spiro atoms. The molecular weight excluding hydrogens is 354 g/mol. The standard InChI is InChI=1S/C18H17N3O4S/c19-13-14-2-1-3-15(12-14)18(22)20-16-4-6-17(7-5-16)26(23,24)21-8-10-25-11-9-21/h1-7,12H,8-11H2,(H,20,22). The molecule has 1 heterocycles. The van der Waals surface area contributed by atoms with Gasteiger partial charge < -0.3 is 10.1 Å². The van der Waals surface area contributed by atoms with E-state index in [9.17, 15) is 13.2 Å². The summed E-state index contributed by atoms with van der Waals surface area (Å²) in [5, 5.41) is 11.6. The molecule has 0 bridgehead atoms. The molecule has 2 aromatic carbocycles. The van der Waals surface area contributed by atoms with Gasteiger partial charge in [-0.3, -0.25) is 4.79 Å². The Morgan fingerprint density at radius 1 is 1.12 bits per heavy atom. The van der Waals surface area contributed by atoms with E-state index < -0.39 is 10.0 Å². The summed E-state index contributed by atoms with van der Waals surface area (Å²) in [5.41, 5.74) is 1.22. The first-order chi connectivity index (χ1) is 12.5. The molecule has 1 saturated heterocycles. The number of benzene rings is 2. The molecule has 0 aliphatic carbocycles. The first-order valence-corrected chi connectivity index (χ1v) is 9.44. The highest BCUT2D eigenvalue weighted by atomic mass is 32.2. The number of anilines is 1. The third kappa shape index (κ3) is 3.91. The second-order valence-corrected chi connectivity index (χ2v) is 7.63. The maximum atomic E-state index is 12.6. The number of hydrogen-bond donors (Lipinski definition) is 1. The van der Waals surface area contributed by atoms with Gasteiger partial charge in [-0.05, 0) is 42.5 Å². The van der Waals surface area contributed by atoms with Crippen LogP contribution in [-0.4, -0.2) is 44.9 Å². The summed E-state index contributed by atoms with van der Waals surface area (Å²) in [6, 6.07) is 14.3. The molecule has 3 rings (SSSR count). The second-order valence-electron chi connectivity index (χ2n) is 5.69. The quantitative estimate of drug-likeness (QED) is 0.884. The van der Waals surface area contributed by atoms with Crippen molar-refractivity contribution in [3.8, 4) is 6.07 Å². The van der Waals surface area contributed by atoms with E-state index in [0.717, 1.165) is 0 Å². The zero-order valence-corrected chi connectivity index (χ0v) is 14.7. The molecule has 1 fully saturated rings. The van der Waals surface area contributed by atoms with Crippen LogP contribution in [0.5, 0.6) is 0 Å². The molecule has 0 unspecified atom stereocenters. The number of nitriles is 1. The molecule has 134 valence electrons. The van der Waals surface area contributed by atoms with Gasteiger partial charge in [-0.1, -0.05) is 6.07 Å². The van der Waals surface area contributed by atoms with Gasteiger partial charge >= 0.3 is 0 Å². The molecule has 0 atom stereocenters. The number of ether oxygens (including phenoxy) is 1. The number of carbonyl (C=O) groups excluding carboxylic acids is 1. The highest BCUT2D eigenvalue weighted by Gasteiger charge is 2.26. The highest BCUT2D eigenvalue weighted by Crippen LogP contribution is 2.20. The molecule has 1 aliphatic heterocycles. The number of morpholine rings is 1. The Bertz CT molecular complexity index is 943. The van der Waals surface area contributed by atoms with Crippen LogP contribution in [0.3, 0.4) is 0 Å². The van der Waals surface area contributed by atoms with E-state index in [-0.39, 0.29) is 10.8 Å². The Kier molecular flexibility index (Phi) is 5.32. The Morgan fingerprint density at radius 3 is 2.46 bits per heavy atom. The van der Waals surface area contributed by atoms with Crippen LogP contribution in [0.1, 0.15) is 15.9 Å². The molecule has 8 heteroatoms. The van der Waals surface area contributed by atoms with Crippen LogP contribution < -0.4 is 5.32 Å². The Labute approximate surface area is 151 Å². The van der Waals surface area contributed by atoms with Crippen molar-refractivity contribution in [2.75, 3.05) is 31.6 Å². The Morgan fingerprint density at radius 2 is 1.81 bits per heavy atom. The van der Waals surface area contributed by atoms with Crippen LogP contribution >= 0.6 is 0 Å². The van der Waals surface area contributed by atoms with Crippen molar-refractivity contribution in [2.45, 2.75) is 4.90 Å². The van der Waals surface area contributed by atoms with Gasteiger partial charge in [0.15, 0.2) is 0 Å². The highest BCUT2D eigenvalue weighted by molar-refractivity contribution is 7.89. The van der Waals surface area contributed by atoms with Gasteiger partial charge in [-0.25, -0.2) is 8.42 Å². The normalized spacial score (nSPS) is 15.2. The van der Waals surface area contributed by atoms with Gasteiger partial charge in [-0.15, -0.1) is 0 Å². The van der Waals surface area contributed by atoms with Crippen LogP contribution in [0.15, 0.2) is 53.4 Å². The van der Waals surface area contributed by atoms with Gasteiger partial charge in [0.05, 0.1) is 29.7 Å². The maximum absolute atomic E-state index is 12.6. The van der Waals surface area contributed by atoms with Crippen molar-refractivity contribution < 1.29 is 17.9 Å². The van der Waals surface area contributed by atoms with E-state index in [4.69, 9.17) is 10.00 Å². The summed E-state index contributed by atoms with van der Waals surface area (Å²) in [6.45, 7) is 1.43. The average molecular weight is 371 g/mol. The molecule has 0 saturated carbocycles. The minimum Gasteiger partial charge on any atom is -0.379 e. The van der Waals surface area contributed by atoms with Crippen molar-refractivity contribution in [1.82, 2.24) is 4.31 Å². The lowest BCUT2D eigenvalue weighted by atomic mass is 10.1. The molecule has 7 nitrogen and oxygen atoms in total. The van der Waals surface area contributed by atoms with Crippen LogP contribution in [-0.2, 0) is 14.8 Å². The zero-order chi connectivity index (χ0) is 18.6. The maximum Gasteiger partial charge on any atom is 0.255 e. The van der Waals surface area contributed by atoms with Crippen LogP contribution in [0.25, 0.3) is 0 Å². The van der Waals surface area contributed by atoms with Crippen molar-refractivity contribution in [3.63, 3.8) is 0 Å². The van der Waals surface area contributed by atoms with Gasteiger partial charge in [0.1, 0.15) is 0 Å². The van der Waals surface area contributed by atoms with E-state index >= 15 is 0 Å². The number of sulfonamides is 1. The van der Waals surface area contributed by atoms with E-state index in [1.165, 1.54) is 22.5 Å². The third-order valence-electron chi connectivity index (χ3n) is 3.97. The predicted octanol–water partition coefficient (Wildman–Crippen LogP) is 1.83. The fraction of sp³-hybridized carbons (Fsp3) is 0.222. The minimum atomic E-state index is -3.56. The number of amides is 1. The molecule has 1 aliphatic rings. The van der Waals surface area contributed by atoms with Crippen molar-refractivity contribution in [3.05, 3.63) is 59.7 Å². The van der Waals surface area contributed by atoms with Gasteiger partial charge in [0.2, 0.25) is 10.0 Å². The van der Waals surface area contributed by atoms with Gasteiger partial charge in [-0.2, -0.15) is 9.57 Å². The SMILES string of the molecule is N#Cc1cccc(C(=O)Nc2ccc(S(=O)(=O)N3CCOCC3)cc2)c1. The number of nitrogens with zero attached hydrogens (tertiary/aromatic N) is 2. The summed E-state index contributed by atoms with van der Waals surface area (Å²) >= 11 is 0. The fourth-order valence-electron chi connectivity index (χ4n) is 2.58. The van der Waals surface area contributed by atoms with Crippen molar-refractivity contribution in [1.29, 1.82) is 5.26 Å². The predicted molar refractivity (Wildman–Crippen MR) is 95.1 cm³/mol. The number of rotatable bonds is 4. The lowest BCUT2D eigenvalue weighted by Crippen LogP contribution is -2.40. The summed E-state index contributed by atoms with van der Waals surface area (Å²) in [5.74, 6) is -0.370. The molecule has 1 N–H and O–H groups in total. The lowest BCUT2D eigenvalue weighted by Gasteiger charge is -2.26. The second kappa shape index (κ2) is 7.66. The van der Waals surface area contributed by atoms with Crippen molar-refractivity contribution >= 4 is 21.6 Å². The Hall–Kier alpha value is -2.73. The van der Waals surface area contributed by atoms with E-state index in [1.807, 2.05) is 6.07 Å². The van der Waals surface area contributed by atoms with E-state index in [0.29, 0.717) is 43.1 Å². The monoisotopic (exact) mass is 371 g/mol. The number of carbonyl (C=O) groups is 1. The first kappa shape index (κ1) is 18.1. The number of hydrogen-bond acceptors (Lipinski definition) is 5. The summed E-state index contributed by atoms with van der Waals surface area (Å²) in [7, 11) is -3.56. The fourth-order valence-corrected chi connectivity index (χ4v) is 3.99.